The highest BCUT2D eigenvalue weighted by molar-refractivity contribution is 6.24. The van der Waals surface area contributed by atoms with E-state index >= 15 is 0 Å². The Hall–Kier alpha value is -4.97. The van der Waals surface area contributed by atoms with Crippen molar-refractivity contribution in [3.05, 3.63) is 112 Å². The lowest BCUT2D eigenvalue weighted by Gasteiger charge is -2.53. The fourth-order valence-corrected chi connectivity index (χ4v) is 7.69. The number of phenolic OH excluding ortho intramolecular Hbond substituents is 1. The number of phenols is 1. The first kappa shape index (κ1) is 32.0. The minimum Gasteiger partial charge on any atom is -0.508 e. The number of aliphatic hydroxyl groups is 4. The number of nitrogens with zero attached hydrogens (tertiary/aromatic N) is 2. The normalized spacial score (nSPS) is 27.0. The third-order valence-corrected chi connectivity index (χ3v) is 9.88. The van der Waals surface area contributed by atoms with Crippen LogP contribution >= 0.6 is 0 Å². The Bertz CT molecular complexity index is 1800. The van der Waals surface area contributed by atoms with E-state index in [0.717, 1.165) is 11.1 Å². The molecule has 4 unspecified atom stereocenters. The number of fused-ring (bicyclic) bond motifs is 3. The largest absolute Gasteiger partial charge is 0.508 e. The molecule has 3 aliphatic rings. The predicted octanol–water partition coefficient (Wildman–Crippen LogP) is 2.70. The molecule has 244 valence electrons. The third-order valence-electron chi connectivity index (χ3n) is 9.88. The van der Waals surface area contributed by atoms with Gasteiger partial charge in [0.15, 0.2) is 11.4 Å². The Morgan fingerprint density at radius 3 is 1.96 bits per heavy atom. The monoisotopic (exact) mass is 639 g/mol. The molecule has 11 nitrogen and oxygen atoms in total. The maximum Gasteiger partial charge on any atom is 0.255 e. The van der Waals surface area contributed by atoms with Gasteiger partial charge in [-0.05, 0) is 42.8 Å². The summed E-state index contributed by atoms with van der Waals surface area (Å²) in [7, 11) is 2.94. The predicted molar refractivity (Wildman–Crippen MR) is 173 cm³/mol. The Balaban J connectivity index is 1.53. The number of aromatic hydroxyl groups is 1. The lowest BCUT2D eigenvalue weighted by molar-refractivity contribution is -0.169. The molecule has 7 N–H and O–H groups in total. The van der Waals surface area contributed by atoms with Crippen molar-refractivity contribution in [3.63, 3.8) is 0 Å². The second kappa shape index (κ2) is 11.7. The number of aliphatic hydroxyl groups excluding tert-OH is 3. The molecule has 47 heavy (non-hydrogen) atoms. The Morgan fingerprint density at radius 2 is 1.45 bits per heavy atom. The number of rotatable bonds is 7. The van der Waals surface area contributed by atoms with Gasteiger partial charge in [0, 0.05) is 24.6 Å². The minimum atomic E-state index is -2.97. The summed E-state index contributed by atoms with van der Waals surface area (Å²) in [5.74, 6) is -9.19. The number of hydrogen-bond acceptors (Lipinski definition) is 10. The molecule has 1 saturated carbocycles. The summed E-state index contributed by atoms with van der Waals surface area (Å²) in [6, 6.07) is 21.3. The zero-order chi connectivity index (χ0) is 33.9. The quantitative estimate of drug-likeness (QED) is 0.210. The van der Waals surface area contributed by atoms with Gasteiger partial charge in [-0.15, -0.1) is 0 Å². The molecule has 0 spiro atoms. The number of hydrogen-bond donors (Lipinski definition) is 6. The molecule has 0 aliphatic heterocycles. The van der Waals surface area contributed by atoms with Crippen LogP contribution < -0.4 is 10.6 Å². The number of carbonyl (C=O) groups excluding carboxylic acids is 3. The summed E-state index contributed by atoms with van der Waals surface area (Å²) in [6.45, 7) is 2.50. The zero-order valence-corrected chi connectivity index (χ0v) is 26.2. The summed E-state index contributed by atoms with van der Waals surface area (Å²) in [5, 5.41) is 58.6. The van der Waals surface area contributed by atoms with Crippen LogP contribution in [0.15, 0.2) is 89.7 Å². The fraction of sp³-hybridized carbons (Fsp3) is 0.306. The van der Waals surface area contributed by atoms with E-state index in [1.165, 1.54) is 19.0 Å². The number of carbonyl (C=O) groups is 3. The van der Waals surface area contributed by atoms with E-state index in [2.05, 4.69) is 0 Å². The molecule has 6 rings (SSSR count). The smallest absolute Gasteiger partial charge is 0.255 e. The maximum atomic E-state index is 14.3. The van der Waals surface area contributed by atoms with Crippen LogP contribution in [-0.2, 0) is 27.5 Å². The van der Waals surface area contributed by atoms with Crippen molar-refractivity contribution in [2.75, 3.05) is 19.0 Å². The van der Waals surface area contributed by atoms with Gasteiger partial charge in [0.05, 0.1) is 29.3 Å². The molecule has 0 aromatic heterocycles. The number of benzene rings is 3. The lowest BCUT2D eigenvalue weighted by atomic mass is 9.54. The van der Waals surface area contributed by atoms with Gasteiger partial charge in [-0.2, -0.15) is 0 Å². The van der Waals surface area contributed by atoms with Crippen molar-refractivity contribution in [2.45, 2.75) is 43.7 Å². The minimum absolute atomic E-state index is 0.0513. The molecule has 1 fully saturated rings. The first-order chi connectivity index (χ1) is 22.3. The Kier molecular flexibility index (Phi) is 7.95. The molecule has 1 amide bonds. The Labute approximate surface area is 271 Å². The number of Topliss-reactive ketones (excluding diaryl/α,β-unsaturated/α-hetero) is 2. The van der Waals surface area contributed by atoms with Gasteiger partial charge in [-0.1, -0.05) is 73.7 Å². The molecule has 0 heterocycles. The third kappa shape index (κ3) is 4.81. The van der Waals surface area contributed by atoms with Crippen LogP contribution in [-0.4, -0.2) is 79.7 Å². The summed E-state index contributed by atoms with van der Waals surface area (Å²) in [4.78, 5) is 43.3. The second-order valence-corrected chi connectivity index (χ2v) is 12.8. The molecule has 3 aliphatic carbocycles. The summed E-state index contributed by atoms with van der Waals surface area (Å²) in [6.07, 6.45) is -1.65. The van der Waals surface area contributed by atoms with E-state index in [0.29, 0.717) is 24.3 Å². The topological polar surface area (TPSA) is 185 Å². The van der Waals surface area contributed by atoms with Crippen molar-refractivity contribution in [1.82, 2.24) is 4.90 Å². The van der Waals surface area contributed by atoms with Crippen LogP contribution in [0.4, 0.5) is 5.69 Å². The first-order valence-corrected chi connectivity index (χ1v) is 15.3. The zero-order valence-electron chi connectivity index (χ0n) is 26.2. The Morgan fingerprint density at radius 1 is 0.894 bits per heavy atom. The summed E-state index contributed by atoms with van der Waals surface area (Å²) >= 11 is 0. The van der Waals surface area contributed by atoms with Gasteiger partial charge < -0.3 is 36.2 Å². The van der Waals surface area contributed by atoms with Crippen molar-refractivity contribution < 1.29 is 39.9 Å². The SMILES string of the molecule is CC1c2ccc(N(Cc3ccccc3)Cc3ccccc3)c(O)c2C(O)=C2C(=O)[C@]3(O)C(O)=C(C(N)=O)C(=O)[C@@H](N(C)C)C3C(O)C21. The molecule has 3 aromatic rings. The van der Waals surface area contributed by atoms with Crippen molar-refractivity contribution in [1.29, 1.82) is 0 Å². The highest BCUT2D eigenvalue weighted by atomic mass is 16.4. The summed E-state index contributed by atoms with van der Waals surface area (Å²) < 4.78 is 0. The molecule has 3 aromatic carbocycles. The fourth-order valence-electron chi connectivity index (χ4n) is 7.69. The van der Waals surface area contributed by atoms with Crippen molar-refractivity contribution >= 4 is 28.9 Å². The maximum absolute atomic E-state index is 14.3. The molecule has 0 saturated heterocycles. The van der Waals surface area contributed by atoms with Crippen molar-refractivity contribution in [2.24, 2.45) is 17.6 Å². The van der Waals surface area contributed by atoms with Gasteiger partial charge in [-0.3, -0.25) is 19.3 Å². The van der Waals surface area contributed by atoms with E-state index in [1.807, 2.05) is 65.6 Å². The highest BCUT2D eigenvalue weighted by Gasteiger charge is 2.68. The number of anilines is 1. The molecule has 11 heteroatoms. The van der Waals surface area contributed by atoms with Crippen molar-refractivity contribution in [3.8, 4) is 5.75 Å². The van der Waals surface area contributed by atoms with Gasteiger partial charge >= 0.3 is 0 Å². The molecular weight excluding hydrogens is 602 g/mol. The number of ketones is 2. The van der Waals surface area contributed by atoms with E-state index in [4.69, 9.17) is 5.73 Å². The number of amides is 1. The van der Waals surface area contributed by atoms with Gasteiger partial charge in [-0.25, -0.2) is 0 Å². The van der Waals surface area contributed by atoms with E-state index in [-0.39, 0.29) is 11.3 Å². The highest BCUT2D eigenvalue weighted by Crippen LogP contribution is 2.57. The first-order valence-electron chi connectivity index (χ1n) is 15.3. The molecule has 6 atom stereocenters. The average Bonchev–Trinajstić information content (AvgIpc) is 3.03. The van der Waals surface area contributed by atoms with Gasteiger partial charge in [0.2, 0.25) is 5.78 Å². The standard InChI is InChI=1S/C36H37N3O8/c1-18-21-14-15-22(39(16-19-10-6-4-7-11-19)17-20-12-8-5-9-13-20)29(40)24(21)30(41)25-23(18)31(42)27-28(38(2)3)32(43)26(35(37)46)34(45)36(27,47)33(25)44/h4-15,18,23,27-28,31,40-42,45,47H,16-17H2,1-3H3,(H2,37,46)/t18?,23?,27?,28-,31?,36-/m0/s1. The van der Waals surface area contributed by atoms with Crippen LogP contribution in [0.1, 0.15) is 35.1 Å². The second-order valence-electron chi connectivity index (χ2n) is 12.8. The van der Waals surface area contributed by atoms with E-state index in [9.17, 15) is 39.9 Å². The van der Waals surface area contributed by atoms with Crippen LogP contribution in [0.25, 0.3) is 5.76 Å². The molecule has 0 bridgehead atoms. The number of nitrogens with two attached hydrogens (primary N) is 1. The molecule has 0 radical (unpaired) electrons. The van der Waals surface area contributed by atoms with Crippen LogP contribution in [0.2, 0.25) is 0 Å². The average molecular weight is 640 g/mol. The number of primary amides is 1. The van der Waals surface area contributed by atoms with Gasteiger partial charge in [0.25, 0.3) is 5.91 Å². The summed E-state index contributed by atoms with van der Waals surface area (Å²) in [5.41, 5.74) is 3.74. The van der Waals surface area contributed by atoms with Crippen LogP contribution in [0.3, 0.4) is 0 Å². The number of likely N-dealkylation sites (N-methyl/N-ethyl adjacent to an activating group) is 1. The van der Waals surface area contributed by atoms with Gasteiger partial charge in [0.1, 0.15) is 22.8 Å². The lowest BCUT2D eigenvalue weighted by Crippen LogP contribution is -2.70. The van der Waals surface area contributed by atoms with Crippen LogP contribution in [0, 0.1) is 11.8 Å². The van der Waals surface area contributed by atoms with E-state index < -0.39 is 75.6 Å². The molecular formula is C36H37N3O8. The van der Waals surface area contributed by atoms with Crippen LogP contribution in [0.5, 0.6) is 5.75 Å². The van der Waals surface area contributed by atoms with E-state index in [1.54, 1.807) is 19.1 Å².